The molecule has 1 heterocycles. The molecule has 100 valence electrons. The lowest BCUT2D eigenvalue weighted by Gasteiger charge is -2.12. The summed E-state index contributed by atoms with van der Waals surface area (Å²) < 4.78 is 12.6. The number of ketones is 1. The second-order valence-corrected chi connectivity index (χ2v) is 4.69. The fraction of sp³-hybridized carbons (Fsp3) is 0.231. The van der Waals surface area contributed by atoms with Gasteiger partial charge in [-0.15, -0.1) is 0 Å². The summed E-state index contributed by atoms with van der Waals surface area (Å²) in [5.41, 5.74) is 0.901. The average molecular weight is 325 g/mol. The first-order chi connectivity index (χ1) is 9.10. The van der Waals surface area contributed by atoms with Gasteiger partial charge in [-0.25, -0.2) is 0 Å². The number of methoxy groups -OCH3 is 2. The summed E-state index contributed by atoms with van der Waals surface area (Å²) >= 11 is 3.32. The Morgan fingerprint density at radius 1 is 1.32 bits per heavy atom. The SMILES string of the molecule is COc1cccc(C(=O)c2c(Br)cnn2C)c1OC. The predicted molar refractivity (Wildman–Crippen MR) is 73.9 cm³/mol. The molecule has 0 amide bonds. The largest absolute Gasteiger partial charge is 0.493 e. The number of hydrogen-bond donors (Lipinski definition) is 0. The number of nitrogens with zero attached hydrogens (tertiary/aromatic N) is 2. The van der Waals surface area contributed by atoms with Gasteiger partial charge in [0.1, 0.15) is 5.69 Å². The van der Waals surface area contributed by atoms with Crippen molar-refractivity contribution in [3.63, 3.8) is 0 Å². The molecule has 0 radical (unpaired) electrons. The van der Waals surface area contributed by atoms with E-state index in [1.807, 2.05) is 0 Å². The van der Waals surface area contributed by atoms with Crippen molar-refractivity contribution >= 4 is 21.7 Å². The van der Waals surface area contributed by atoms with Crippen molar-refractivity contribution in [3.8, 4) is 11.5 Å². The first kappa shape index (κ1) is 13.6. The standard InChI is InChI=1S/C13H13BrN2O3/c1-16-11(9(14)7-15-16)12(17)8-5-4-6-10(18-2)13(8)19-3/h4-7H,1-3H3. The number of halogens is 1. The Kier molecular flexibility index (Phi) is 3.90. The zero-order valence-corrected chi connectivity index (χ0v) is 12.4. The lowest BCUT2D eigenvalue weighted by Crippen LogP contribution is -2.10. The van der Waals surface area contributed by atoms with Crippen LogP contribution in [0.1, 0.15) is 16.1 Å². The molecule has 1 aromatic carbocycles. The molecule has 2 rings (SSSR count). The van der Waals surface area contributed by atoms with Gasteiger partial charge in [-0.1, -0.05) is 6.07 Å². The summed E-state index contributed by atoms with van der Waals surface area (Å²) in [6.07, 6.45) is 1.58. The van der Waals surface area contributed by atoms with Gasteiger partial charge in [0.25, 0.3) is 0 Å². The lowest BCUT2D eigenvalue weighted by molar-refractivity contribution is 0.102. The fourth-order valence-corrected chi connectivity index (χ4v) is 2.39. The van der Waals surface area contributed by atoms with Crippen LogP contribution in [0.2, 0.25) is 0 Å². The summed E-state index contributed by atoms with van der Waals surface area (Å²) in [5.74, 6) is 0.761. The quantitative estimate of drug-likeness (QED) is 0.810. The first-order valence-corrected chi connectivity index (χ1v) is 6.32. The van der Waals surface area contributed by atoms with Crippen LogP contribution in [0.5, 0.6) is 11.5 Å². The molecule has 0 spiro atoms. The highest BCUT2D eigenvalue weighted by Crippen LogP contribution is 2.33. The molecule has 0 N–H and O–H groups in total. The normalized spacial score (nSPS) is 10.3. The molecular formula is C13H13BrN2O3. The van der Waals surface area contributed by atoms with Gasteiger partial charge in [0.2, 0.25) is 5.78 Å². The Bertz CT molecular complexity index is 603. The molecule has 2 aromatic rings. The highest BCUT2D eigenvalue weighted by atomic mass is 79.9. The summed E-state index contributed by atoms with van der Waals surface area (Å²) in [6.45, 7) is 0. The molecule has 0 fully saturated rings. The smallest absolute Gasteiger partial charge is 0.216 e. The molecule has 5 nitrogen and oxygen atoms in total. The Labute approximate surface area is 119 Å². The maximum Gasteiger partial charge on any atom is 0.216 e. The van der Waals surface area contributed by atoms with Gasteiger partial charge < -0.3 is 9.47 Å². The van der Waals surface area contributed by atoms with E-state index in [2.05, 4.69) is 21.0 Å². The Morgan fingerprint density at radius 2 is 2.05 bits per heavy atom. The van der Waals surface area contributed by atoms with Crippen molar-refractivity contribution in [3.05, 3.63) is 40.1 Å². The van der Waals surface area contributed by atoms with Crippen LogP contribution in [-0.4, -0.2) is 29.8 Å². The molecule has 0 aliphatic carbocycles. The monoisotopic (exact) mass is 324 g/mol. The van der Waals surface area contributed by atoms with Crippen LogP contribution in [0.4, 0.5) is 0 Å². The molecule has 0 saturated heterocycles. The minimum absolute atomic E-state index is 0.178. The second kappa shape index (κ2) is 5.44. The number of benzene rings is 1. The molecule has 0 aliphatic rings. The molecule has 1 aromatic heterocycles. The van der Waals surface area contributed by atoms with Gasteiger partial charge in [0, 0.05) is 7.05 Å². The van der Waals surface area contributed by atoms with Gasteiger partial charge in [-0.05, 0) is 28.1 Å². The highest BCUT2D eigenvalue weighted by Gasteiger charge is 2.22. The molecule has 0 bridgehead atoms. The van der Waals surface area contributed by atoms with E-state index in [1.54, 1.807) is 31.4 Å². The summed E-state index contributed by atoms with van der Waals surface area (Å²) in [7, 11) is 4.75. The van der Waals surface area contributed by atoms with Crippen LogP contribution in [0, 0.1) is 0 Å². The van der Waals surface area contributed by atoms with E-state index in [9.17, 15) is 4.79 Å². The van der Waals surface area contributed by atoms with Crippen molar-refractivity contribution in [2.24, 2.45) is 7.05 Å². The van der Waals surface area contributed by atoms with Gasteiger partial charge in [-0.2, -0.15) is 5.10 Å². The van der Waals surface area contributed by atoms with Gasteiger partial charge in [0.15, 0.2) is 11.5 Å². The van der Waals surface area contributed by atoms with Crippen molar-refractivity contribution in [2.75, 3.05) is 14.2 Å². The number of carbonyl (C=O) groups excluding carboxylic acids is 1. The van der Waals surface area contributed by atoms with Crippen LogP contribution >= 0.6 is 15.9 Å². The molecule has 0 unspecified atom stereocenters. The van der Waals surface area contributed by atoms with E-state index < -0.39 is 0 Å². The van der Waals surface area contributed by atoms with Crippen LogP contribution in [0.3, 0.4) is 0 Å². The number of rotatable bonds is 4. The number of para-hydroxylation sites is 1. The van der Waals surface area contributed by atoms with E-state index in [1.165, 1.54) is 18.9 Å². The number of hydrogen-bond acceptors (Lipinski definition) is 4. The van der Waals surface area contributed by atoms with Crippen LogP contribution in [0.25, 0.3) is 0 Å². The van der Waals surface area contributed by atoms with E-state index >= 15 is 0 Å². The molecule has 0 atom stereocenters. The zero-order chi connectivity index (χ0) is 14.0. The van der Waals surface area contributed by atoms with Crippen molar-refractivity contribution in [2.45, 2.75) is 0 Å². The Balaban J connectivity index is 2.56. The van der Waals surface area contributed by atoms with Gasteiger partial charge in [-0.3, -0.25) is 9.48 Å². The third-order valence-corrected chi connectivity index (χ3v) is 3.34. The number of ether oxygens (including phenoxy) is 2. The third-order valence-electron chi connectivity index (χ3n) is 2.76. The van der Waals surface area contributed by atoms with Gasteiger partial charge >= 0.3 is 0 Å². The minimum Gasteiger partial charge on any atom is -0.493 e. The van der Waals surface area contributed by atoms with Gasteiger partial charge in [0.05, 0.1) is 30.5 Å². The Hall–Kier alpha value is -1.82. The van der Waals surface area contributed by atoms with Crippen LogP contribution in [0.15, 0.2) is 28.9 Å². The first-order valence-electron chi connectivity index (χ1n) is 5.53. The van der Waals surface area contributed by atoms with Crippen molar-refractivity contribution in [1.29, 1.82) is 0 Å². The van der Waals surface area contributed by atoms with E-state index in [0.717, 1.165) is 0 Å². The Morgan fingerprint density at radius 3 is 2.58 bits per heavy atom. The number of aryl methyl sites for hydroxylation is 1. The fourth-order valence-electron chi connectivity index (χ4n) is 1.86. The molecule has 0 saturated carbocycles. The van der Waals surface area contributed by atoms with Crippen LogP contribution in [-0.2, 0) is 7.05 Å². The second-order valence-electron chi connectivity index (χ2n) is 3.83. The predicted octanol–water partition coefficient (Wildman–Crippen LogP) is 2.43. The van der Waals surface area contributed by atoms with Crippen molar-refractivity contribution in [1.82, 2.24) is 9.78 Å². The molecule has 19 heavy (non-hydrogen) atoms. The van der Waals surface area contributed by atoms with E-state index in [4.69, 9.17) is 9.47 Å². The zero-order valence-electron chi connectivity index (χ0n) is 10.8. The third kappa shape index (κ3) is 2.35. The maximum absolute atomic E-state index is 12.6. The number of carbonyl (C=O) groups is 1. The topological polar surface area (TPSA) is 53.3 Å². The van der Waals surface area contributed by atoms with Crippen molar-refractivity contribution < 1.29 is 14.3 Å². The maximum atomic E-state index is 12.6. The van der Waals surface area contributed by atoms with Crippen LogP contribution < -0.4 is 9.47 Å². The summed E-state index contributed by atoms with van der Waals surface area (Å²) in [6, 6.07) is 5.19. The minimum atomic E-state index is -0.178. The molecule has 6 heteroatoms. The summed E-state index contributed by atoms with van der Waals surface area (Å²) in [4.78, 5) is 12.6. The highest BCUT2D eigenvalue weighted by molar-refractivity contribution is 9.10. The summed E-state index contributed by atoms with van der Waals surface area (Å²) in [5, 5.41) is 4.04. The molecular weight excluding hydrogens is 312 g/mol. The lowest BCUT2D eigenvalue weighted by atomic mass is 10.1. The number of aromatic nitrogens is 2. The average Bonchev–Trinajstić information content (AvgIpc) is 2.76. The molecule has 0 aliphatic heterocycles. The van der Waals surface area contributed by atoms with E-state index in [0.29, 0.717) is 27.2 Å². The van der Waals surface area contributed by atoms with E-state index in [-0.39, 0.29) is 5.78 Å².